The second-order valence-electron chi connectivity index (χ2n) is 3.12. The Hall–Kier alpha value is -0.100. The number of nitrogens with zero attached hydrogens (tertiary/aromatic N) is 2. The van der Waals surface area contributed by atoms with Gasteiger partial charge in [0.05, 0.1) is 6.33 Å². The summed E-state index contributed by atoms with van der Waals surface area (Å²) >= 11 is 2.25. The number of imidazole rings is 1. The molecule has 0 aromatic carbocycles. The van der Waals surface area contributed by atoms with Gasteiger partial charge in [-0.15, -0.1) is 0 Å². The van der Waals surface area contributed by atoms with Gasteiger partial charge in [0.25, 0.3) is 0 Å². The minimum Gasteiger partial charge on any atom is -0.333 e. The van der Waals surface area contributed by atoms with Crippen molar-refractivity contribution < 1.29 is 0 Å². The molecule has 0 spiro atoms. The first-order valence-corrected chi connectivity index (χ1v) is 5.34. The molecule has 1 aliphatic rings. The van der Waals surface area contributed by atoms with Crippen LogP contribution in [0.5, 0.6) is 0 Å². The lowest BCUT2D eigenvalue weighted by molar-refractivity contribution is 0.368. The molecule has 1 N–H and O–H groups in total. The van der Waals surface area contributed by atoms with Crippen molar-refractivity contribution in [1.82, 2.24) is 14.9 Å². The summed E-state index contributed by atoms with van der Waals surface area (Å²) in [6.07, 6.45) is 6.52. The summed E-state index contributed by atoms with van der Waals surface area (Å²) in [5, 5.41) is 3.36. The number of rotatable bonds is 1. The highest BCUT2D eigenvalue weighted by molar-refractivity contribution is 14.1. The third-order valence-electron chi connectivity index (χ3n) is 2.30. The monoisotopic (exact) mass is 277 g/mol. The lowest BCUT2D eigenvalue weighted by Gasteiger charge is -2.23. The molecule has 1 aromatic heterocycles. The molecule has 1 aliphatic heterocycles. The Labute approximate surface area is 85.7 Å². The number of halogens is 1. The molecule has 1 fully saturated rings. The molecule has 4 heteroatoms. The molecule has 0 unspecified atom stereocenters. The lowest BCUT2D eigenvalue weighted by Crippen LogP contribution is -2.28. The summed E-state index contributed by atoms with van der Waals surface area (Å²) in [6, 6.07) is 0.669. The van der Waals surface area contributed by atoms with Gasteiger partial charge in [0, 0.05) is 12.2 Å². The zero-order chi connectivity index (χ0) is 8.39. The number of aromatic nitrogens is 2. The van der Waals surface area contributed by atoms with E-state index in [4.69, 9.17) is 0 Å². The summed E-state index contributed by atoms with van der Waals surface area (Å²) < 4.78 is 3.33. The standard InChI is InChI=1S/C8H12IN3/c9-8-5-12(6-11-8)7-1-3-10-4-2-7/h5-7,10H,1-4H2. The van der Waals surface area contributed by atoms with Gasteiger partial charge in [0.15, 0.2) is 0 Å². The van der Waals surface area contributed by atoms with Crippen LogP contribution in [-0.4, -0.2) is 22.6 Å². The van der Waals surface area contributed by atoms with E-state index >= 15 is 0 Å². The van der Waals surface area contributed by atoms with E-state index in [1.54, 1.807) is 0 Å². The third kappa shape index (κ3) is 1.80. The minimum atomic E-state index is 0.669. The predicted octanol–water partition coefficient (Wildman–Crippen LogP) is 1.41. The van der Waals surface area contributed by atoms with E-state index in [1.807, 2.05) is 6.33 Å². The van der Waals surface area contributed by atoms with Gasteiger partial charge in [-0.3, -0.25) is 0 Å². The first-order chi connectivity index (χ1) is 5.86. The SMILES string of the molecule is Ic1cn(C2CCNCC2)cn1. The Morgan fingerprint density at radius 2 is 2.25 bits per heavy atom. The number of hydrogen-bond donors (Lipinski definition) is 1. The fraction of sp³-hybridized carbons (Fsp3) is 0.625. The van der Waals surface area contributed by atoms with Crippen LogP contribution >= 0.6 is 22.6 Å². The van der Waals surface area contributed by atoms with Gasteiger partial charge in [0.1, 0.15) is 3.70 Å². The first kappa shape index (κ1) is 8.50. The van der Waals surface area contributed by atoms with Gasteiger partial charge in [-0.25, -0.2) is 4.98 Å². The molecular formula is C8H12IN3. The van der Waals surface area contributed by atoms with Crippen molar-refractivity contribution in [3.8, 4) is 0 Å². The maximum Gasteiger partial charge on any atom is 0.119 e. The molecule has 2 heterocycles. The summed E-state index contributed by atoms with van der Waals surface area (Å²) in [4.78, 5) is 4.22. The van der Waals surface area contributed by atoms with Crippen molar-refractivity contribution in [1.29, 1.82) is 0 Å². The fourth-order valence-corrected chi connectivity index (χ4v) is 2.06. The molecule has 1 aromatic rings. The molecule has 66 valence electrons. The lowest BCUT2D eigenvalue weighted by atomic mass is 10.1. The molecule has 12 heavy (non-hydrogen) atoms. The number of hydrogen-bond acceptors (Lipinski definition) is 2. The summed E-state index contributed by atoms with van der Waals surface area (Å²) in [6.45, 7) is 2.28. The largest absolute Gasteiger partial charge is 0.333 e. The average Bonchev–Trinajstić information content (AvgIpc) is 2.54. The molecule has 0 aliphatic carbocycles. The van der Waals surface area contributed by atoms with Crippen LogP contribution in [0, 0.1) is 3.70 Å². The van der Waals surface area contributed by atoms with Crippen molar-refractivity contribution in [2.75, 3.05) is 13.1 Å². The Balaban J connectivity index is 2.08. The van der Waals surface area contributed by atoms with Crippen molar-refractivity contribution >= 4 is 22.6 Å². The highest BCUT2D eigenvalue weighted by Crippen LogP contribution is 2.18. The van der Waals surface area contributed by atoms with Crippen molar-refractivity contribution in [3.63, 3.8) is 0 Å². The quantitative estimate of drug-likeness (QED) is 0.787. The van der Waals surface area contributed by atoms with E-state index in [2.05, 4.69) is 43.7 Å². The van der Waals surface area contributed by atoms with Crippen LogP contribution in [0.2, 0.25) is 0 Å². The van der Waals surface area contributed by atoms with Crippen LogP contribution in [-0.2, 0) is 0 Å². The normalized spacial score (nSPS) is 19.8. The van der Waals surface area contributed by atoms with Crippen LogP contribution in [0.25, 0.3) is 0 Å². The summed E-state index contributed by atoms with van der Waals surface area (Å²) in [5.41, 5.74) is 0. The zero-order valence-electron chi connectivity index (χ0n) is 6.83. The fourth-order valence-electron chi connectivity index (χ4n) is 1.62. The van der Waals surface area contributed by atoms with E-state index in [0.29, 0.717) is 6.04 Å². The molecule has 0 radical (unpaired) electrons. The van der Waals surface area contributed by atoms with E-state index in [9.17, 15) is 0 Å². The van der Waals surface area contributed by atoms with Gasteiger partial charge < -0.3 is 9.88 Å². The van der Waals surface area contributed by atoms with Crippen molar-refractivity contribution in [3.05, 3.63) is 16.2 Å². The minimum absolute atomic E-state index is 0.669. The van der Waals surface area contributed by atoms with Gasteiger partial charge in [-0.1, -0.05) is 0 Å². The summed E-state index contributed by atoms with van der Waals surface area (Å²) in [7, 11) is 0. The Bertz CT molecular complexity index is 253. The second kappa shape index (κ2) is 3.74. The third-order valence-corrected chi connectivity index (χ3v) is 2.86. The first-order valence-electron chi connectivity index (χ1n) is 4.26. The highest BCUT2D eigenvalue weighted by Gasteiger charge is 2.14. The van der Waals surface area contributed by atoms with E-state index < -0.39 is 0 Å². The van der Waals surface area contributed by atoms with Gasteiger partial charge in [0.2, 0.25) is 0 Å². The van der Waals surface area contributed by atoms with Crippen LogP contribution in [0.4, 0.5) is 0 Å². The van der Waals surface area contributed by atoms with Crippen molar-refractivity contribution in [2.24, 2.45) is 0 Å². The van der Waals surface area contributed by atoms with Crippen molar-refractivity contribution in [2.45, 2.75) is 18.9 Å². The molecule has 0 bridgehead atoms. The summed E-state index contributed by atoms with van der Waals surface area (Å²) in [5.74, 6) is 0. The second-order valence-corrected chi connectivity index (χ2v) is 4.23. The molecule has 0 saturated carbocycles. The Morgan fingerprint density at radius 3 is 2.83 bits per heavy atom. The molecule has 3 nitrogen and oxygen atoms in total. The molecule has 2 rings (SSSR count). The van der Waals surface area contributed by atoms with Crippen LogP contribution in [0.15, 0.2) is 12.5 Å². The smallest absolute Gasteiger partial charge is 0.119 e. The molecule has 0 amide bonds. The van der Waals surface area contributed by atoms with Crippen LogP contribution in [0.3, 0.4) is 0 Å². The van der Waals surface area contributed by atoms with E-state index in [0.717, 1.165) is 16.8 Å². The van der Waals surface area contributed by atoms with Crippen LogP contribution < -0.4 is 5.32 Å². The van der Waals surface area contributed by atoms with E-state index in [-0.39, 0.29) is 0 Å². The maximum atomic E-state index is 4.22. The van der Waals surface area contributed by atoms with Gasteiger partial charge in [-0.05, 0) is 48.5 Å². The Kier molecular flexibility index (Phi) is 2.65. The Morgan fingerprint density at radius 1 is 1.50 bits per heavy atom. The zero-order valence-corrected chi connectivity index (χ0v) is 8.99. The van der Waals surface area contributed by atoms with E-state index in [1.165, 1.54) is 12.8 Å². The number of nitrogens with one attached hydrogen (secondary N) is 1. The maximum absolute atomic E-state index is 4.22. The predicted molar refractivity (Wildman–Crippen MR) is 56.1 cm³/mol. The number of piperidine rings is 1. The average molecular weight is 277 g/mol. The molecule has 1 saturated heterocycles. The van der Waals surface area contributed by atoms with Gasteiger partial charge >= 0.3 is 0 Å². The van der Waals surface area contributed by atoms with Gasteiger partial charge in [-0.2, -0.15) is 0 Å². The van der Waals surface area contributed by atoms with Crippen LogP contribution in [0.1, 0.15) is 18.9 Å². The topological polar surface area (TPSA) is 29.9 Å². The molecular weight excluding hydrogens is 265 g/mol. The molecule has 0 atom stereocenters. The highest BCUT2D eigenvalue weighted by atomic mass is 127.